The summed E-state index contributed by atoms with van der Waals surface area (Å²) in [4.78, 5) is 18.3. The van der Waals surface area contributed by atoms with Crippen molar-refractivity contribution in [3.05, 3.63) is 23.4 Å². The van der Waals surface area contributed by atoms with Gasteiger partial charge in [0.2, 0.25) is 5.91 Å². The van der Waals surface area contributed by atoms with Gasteiger partial charge < -0.3 is 11.1 Å². The lowest BCUT2D eigenvalue weighted by molar-refractivity contribution is -0.121. The van der Waals surface area contributed by atoms with Crippen LogP contribution in [0, 0.1) is 0 Å². The Bertz CT molecular complexity index is 518. The molecule has 2 heterocycles. The quantitative estimate of drug-likeness (QED) is 0.723. The minimum atomic E-state index is 0.152. The highest BCUT2D eigenvalue weighted by Gasteiger charge is 2.23. The summed E-state index contributed by atoms with van der Waals surface area (Å²) in [6.07, 6.45) is 8.74. The summed E-state index contributed by atoms with van der Waals surface area (Å²) < 4.78 is 0. The molecule has 0 bridgehead atoms. The van der Waals surface area contributed by atoms with E-state index in [1.165, 1.54) is 18.4 Å². The maximum Gasteiger partial charge on any atom is 0.219 e. The van der Waals surface area contributed by atoms with Crippen LogP contribution >= 0.6 is 0 Å². The number of unbranched alkanes of at least 4 members (excludes halogenated alkanes) is 1. The largest absolute Gasteiger partial charge is 0.383 e. The SMILES string of the molecule is CCCCC(=O)NCCCc1cc([C@@H]2CCCN2C)cnc1N. The Hall–Kier alpha value is -1.62. The fourth-order valence-corrected chi connectivity index (χ4v) is 3.19. The average molecular weight is 318 g/mol. The average Bonchev–Trinajstić information content (AvgIpc) is 2.97. The molecule has 128 valence electrons. The van der Waals surface area contributed by atoms with E-state index in [0.29, 0.717) is 24.8 Å². The van der Waals surface area contributed by atoms with Crippen LogP contribution in [0.1, 0.15) is 62.6 Å². The van der Waals surface area contributed by atoms with Gasteiger partial charge in [0.15, 0.2) is 0 Å². The van der Waals surface area contributed by atoms with Crippen molar-refractivity contribution in [1.82, 2.24) is 15.2 Å². The molecule has 1 atom stereocenters. The van der Waals surface area contributed by atoms with Gasteiger partial charge in [-0.1, -0.05) is 13.3 Å². The highest BCUT2D eigenvalue weighted by atomic mass is 16.1. The number of hydrogen-bond donors (Lipinski definition) is 2. The first-order valence-electron chi connectivity index (χ1n) is 8.83. The number of hydrogen-bond acceptors (Lipinski definition) is 4. The first-order chi connectivity index (χ1) is 11.1. The summed E-state index contributed by atoms with van der Waals surface area (Å²) in [7, 11) is 2.17. The van der Waals surface area contributed by atoms with E-state index in [9.17, 15) is 4.79 Å². The number of pyridine rings is 1. The molecule has 0 aromatic carbocycles. The van der Waals surface area contributed by atoms with E-state index in [2.05, 4.69) is 35.2 Å². The Kier molecular flexibility index (Phi) is 6.84. The number of rotatable bonds is 8. The molecule has 0 unspecified atom stereocenters. The molecule has 5 heteroatoms. The molecular weight excluding hydrogens is 288 g/mol. The highest BCUT2D eigenvalue weighted by Crippen LogP contribution is 2.31. The van der Waals surface area contributed by atoms with Crippen molar-refractivity contribution in [3.8, 4) is 0 Å². The van der Waals surface area contributed by atoms with E-state index in [0.717, 1.165) is 37.8 Å². The summed E-state index contributed by atoms with van der Waals surface area (Å²) in [6.45, 7) is 3.95. The maximum absolute atomic E-state index is 11.6. The number of carbonyl (C=O) groups is 1. The van der Waals surface area contributed by atoms with Gasteiger partial charge in [-0.15, -0.1) is 0 Å². The fourth-order valence-electron chi connectivity index (χ4n) is 3.19. The molecule has 3 N–H and O–H groups in total. The Morgan fingerprint density at radius 3 is 3.00 bits per heavy atom. The van der Waals surface area contributed by atoms with Crippen LogP contribution in [0.15, 0.2) is 12.3 Å². The van der Waals surface area contributed by atoms with Crippen LogP contribution in [-0.4, -0.2) is 35.9 Å². The van der Waals surface area contributed by atoms with Gasteiger partial charge in [0.05, 0.1) is 0 Å². The number of nitrogens with one attached hydrogen (secondary N) is 1. The number of aryl methyl sites for hydroxylation is 1. The molecule has 2 rings (SSSR count). The van der Waals surface area contributed by atoms with E-state index in [4.69, 9.17) is 5.73 Å². The number of aromatic nitrogens is 1. The van der Waals surface area contributed by atoms with E-state index in [-0.39, 0.29) is 5.91 Å². The number of anilines is 1. The Labute approximate surface area is 139 Å². The van der Waals surface area contributed by atoms with Gasteiger partial charge in [-0.25, -0.2) is 4.98 Å². The van der Waals surface area contributed by atoms with E-state index < -0.39 is 0 Å². The van der Waals surface area contributed by atoms with Gasteiger partial charge in [0.1, 0.15) is 5.82 Å². The van der Waals surface area contributed by atoms with Crippen molar-refractivity contribution in [2.45, 2.75) is 57.9 Å². The molecule has 1 aromatic rings. The summed E-state index contributed by atoms with van der Waals surface area (Å²) in [5.74, 6) is 0.769. The molecule has 0 saturated carbocycles. The topological polar surface area (TPSA) is 71.2 Å². The second-order valence-electron chi connectivity index (χ2n) is 6.51. The van der Waals surface area contributed by atoms with E-state index in [1.54, 1.807) is 0 Å². The van der Waals surface area contributed by atoms with Gasteiger partial charge >= 0.3 is 0 Å². The Morgan fingerprint density at radius 1 is 1.48 bits per heavy atom. The molecule has 1 aliphatic rings. The second-order valence-corrected chi connectivity index (χ2v) is 6.51. The molecule has 1 fully saturated rings. The molecule has 0 spiro atoms. The lowest BCUT2D eigenvalue weighted by Gasteiger charge is -2.20. The minimum absolute atomic E-state index is 0.152. The lowest BCUT2D eigenvalue weighted by atomic mass is 10.0. The number of nitrogens with two attached hydrogens (primary N) is 1. The van der Waals surface area contributed by atoms with Crippen LogP contribution in [0.3, 0.4) is 0 Å². The van der Waals surface area contributed by atoms with Crippen molar-refractivity contribution in [2.75, 3.05) is 25.9 Å². The first kappa shape index (κ1) is 17.7. The maximum atomic E-state index is 11.6. The highest BCUT2D eigenvalue weighted by molar-refractivity contribution is 5.75. The fraction of sp³-hybridized carbons (Fsp3) is 0.667. The number of amides is 1. The van der Waals surface area contributed by atoms with E-state index in [1.807, 2.05) is 6.20 Å². The second kappa shape index (κ2) is 8.87. The van der Waals surface area contributed by atoms with Crippen molar-refractivity contribution in [1.29, 1.82) is 0 Å². The normalized spacial score (nSPS) is 18.3. The summed E-state index contributed by atoms with van der Waals surface area (Å²) in [5, 5.41) is 2.98. The Balaban J connectivity index is 1.84. The molecular formula is C18H30N4O. The number of carbonyl (C=O) groups excluding carboxylic acids is 1. The van der Waals surface area contributed by atoms with Crippen molar-refractivity contribution in [2.24, 2.45) is 0 Å². The van der Waals surface area contributed by atoms with Gasteiger partial charge in [-0.2, -0.15) is 0 Å². The molecule has 1 amide bonds. The monoisotopic (exact) mass is 318 g/mol. The van der Waals surface area contributed by atoms with Crippen LogP contribution in [0.2, 0.25) is 0 Å². The van der Waals surface area contributed by atoms with Crippen LogP contribution in [0.25, 0.3) is 0 Å². The number of likely N-dealkylation sites (tertiary alicyclic amines) is 1. The molecule has 0 aliphatic carbocycles. The van der Waals surface area contributed by atoms with E-state index >= 15 is 0 Å². The van der Waals surface area contributed by atoms with Crippen LogP contribution in [-0.2, 0) is 11.2 Å². The Morgan fingerprint density at radius 2 is 2.30 bits per heavy atom. The number of nitrogen functional groups attached to an aromatic ring is 1. The van der Waals surface area contributed by atoms with Crippen molar-refractivity contribution in [3.63, 3.8) is 0 Å². The minimum Gasteiger partial charge on any atom is -0.383 e. The lowest BCUT2D eigenvalue weighted by Crippen LogP contribution is -2.24. The van der Waals surface area contributed by atoms with Crippen molar-refractivity contribution < 1.29 is 4.79 Å². The smallest absolute Gasteiger partial charge is 0.219 e. The summed E-state index contributed by atoms with van der Waals surface area (Å²) in [5.41, 5.74) is 8.39. The summed E-state index contributed by atoms with van der Waals surface area (Å²) >= 11 is 0. The third-order valence-electron chi connectivity index (χ3n) is 4.63. The summed E-state index contributed by atoms with van der Waals surface area (Å²) in [6, 6.07) is 2.67. The van der Waals surface area contributed by atoms with Crippen LogP contribution < -0.4 is 11.1 Å². The molecule has 5 nitrogen and oxygen atoms in total. The zero-order chi connectivity index (χ0) is 16.7. The zero-order valence-electron chi connectivity index (χ0n) is 14.5. The first-order valence-corrected chi connectivity index (χ1v) is 8.83. The zero-order valence-corrected chi connectivity index (χ0v) is 14.5. The third kappa shape index (κ3) is 5.20. The molecule has 1 saturated heterocycles. The van der Waals surface area contributed by atoms with Gasteiger partial charge in [-0.05, 0) is 62.9 Å². The molecule has 23 heavy (non-hydrogen) atoms. The third-order valence-corrected chi connectivity index (χ3v) is 4.63. The standard InChI is InChI=1S/C18H30N4O/c1-3-4-9-17(23)20-10-5-7-14-12-15(13-21-18(14)19)16-8-6-11-22(16)2/h12-13,16H,3-11H2,1-2H3,(H2,19,21)(H,20,23)/t16-/m0/s1. The van der Waals surface area contributed by atoms with Crippen molar-refractivity contribution >= 4 is 11.7 Å². The molecule has 1 aromatic heterocycles. The predicted octanol–water partition coefficient (Wildman–Crippen LogP) is 2.67. The predicted molar refractivity (Wildman–Crippen MR) is 94.1 cm³/mol. The molecule has 1 aliphatic heterocycles. The van der Waals surface area contributed by atoms with Crippen LogP contribution in [0.5, 0.6) is 0 Å². The van der Waals surface area contributed by atoms with Crippen LogP contribution in [0.4, 0.5) is 5.82 Å². The van der Waals surface area contributed by atoms with Gasteiger partial charge in [-0.3, -0.25) is 9.69 Å². The van der Waals surface area contributed by atoms with Gasteiger partial charge in [0, 0.05) is 25.2 Å². The number of nitrogens with zero attached hydrogens (tertiary/aromatic N) is 2. The molecule has 0 radical (unpaired) electrons. The van der Waals surface area contributed by atoms with Gasteiger partial charge in [0.25, 0.3) is 0 Å².